The number of benzene rings is 1. The number of fused-ring (bicyclic) bond motifs is 1. The minimum Gasteiger partial charge on any atom is -0.493 e. The predicted molar refractivity (Wildman–Crippen MR) is 113 cm³/mol. The number of carbonyl (C=O) groups is 1. The summed E-state index contributed by atoms with van der Waals surface area (Å²) in [5.74, 6) is 0.488. The quantitative estimate of drug-likeness (QED) is 0.557. The van der Waals surface area contributed by atoms with Crippen LogP contribution in [0.2, 0.25) is 0 Å². The van der Waals surface area contributed by atoms with E-state index in [0.29, 0.717) is 17.1 Å². The highest BCUT2D eigenvalue weighted by molar-refractivity contribution is 7.09. The van der Waals surface area contributed by atoms with Gasteiger partial charge in [-0.1, -0.05) is 12.1 Å². The summed E-state index contributed by atoms with van der Waals surface area (Å²) in [6, 6.07) is 7.50. The van der Waals surface area contributed by atoms with Gasteiger partial charge in [0.2, 0.25) is 0 Å². The molecule has 0 saturated carbocycles. The van der Waals surface area contributed by atoms with Crippen molar-refractivity contribution < 1.29 is 27.4 Å². The van der Waals surface area contributed by atoms with Crippen LogP contribution in [-0.2, 0) is 6.54 Å². The van der Waals surface area contributed by atoms with Gasteiger partial charge in [0.05, 0.1) is 26.8 Å². The van der Waals surface area contributed by atoms with Crippen LogP contribution in [0.25, 0.3) is 0 Å². The molecule has 0 fully saturated rings. The fourth-order valence-electron chi connectivity index (χ4n) is 3.64. The van der Waals surface area contributed by atoms with Gasteiger partial charge in [0.1, 0.15) is 5.82 Å². The molecule has 0 aliphatic carbocycles. The van der Waals surface area contributed by atoms with Gasteiger partial charge in [-0.25, -0.2) is 4.68 Å². The molecule has 0 unspecified atom stereocenters. The van der Waals surface area contributed by atoms with Gasteiger partial charge < -0.3 is 20.1 Å². The molecule has 170 valence electrons. The zero-order valence-corrected chi connectivity index (χ0v) is 18.1. The molecule has 1 aliphatic rings. The van der Waals surface area contributed by atoms with Crippen molar-refractivity contribution in [2.75, 3.05) is 19.5 Å². The number of carbonyl (C=O) groups excluding carboxylic acids is 1. The van der Waals surface area contributed by atoms with E-state index in [2.05, 4.69) is 15.7 Å². The van der Waals surface area contributed by atoms with Gasteiger partial charge in [0.25, 0.3) is 5.91 Å². The summed E-state index contributed by atoms with van der Waals surface area (Å²) in [6.45, 7) is 0.281. The summed E-state index contributed by atoms with van der Waals surface area (Å²) in [6.07, 6.45) is -4.83. The average Bonchev–Trinajstić information content (AvgIpc) is 3.45. The van der Waals surface area contributed by atoms with Crippen molar-refractivity contribution in [3.05, 3.63) is 57.9 Å². The molecule has 32 heavy (non-hydrogen) atoms. The molecule has 4 rings (SSSR count). The summed E-state index contributed by atoms with van der Waals surface area (Å²) in [4.78, 5) is 13.4. The largest absolute Gasteiger partial charge is 0.493 e. The SMILES string of the molecule is COc1ccc([C@H]2C[C@@H](C(F)(F)F)n3nc(C(=O)NCc4cccs4)cc3N2)cc1OC. The van der Waals surface area contributed by atoms with E-state index < -0.39 is 24.2 Å². The number of hydrogen-bond donors (Lipinski definition) is 2. The molecule has 0 saturated heterocycles. The van der Waals surface area contributed by atoms with E-state index in [-0.39, 0.29) is 24.5 Å². The summed E-state index contributed by atoms with van der Waals surface area (Å²) in [5, 5.41) is 11.6. The lowest BCUT2D eigenvalue weighted by atomic mass is 9.96. The third kappa shape index (κ3) is 4.38. The lowest BCUT2D eigenvalue weighted by Crippen LogP contribution is -2.35. The fourth-order valence-corrected chi connectivity index (χ4v) is 4.29. The summed E-state index contributed by atoms with van der Waals surface area (Å²) >= 11 is 1.47. The van der Waals surface area contributed by atoms with Crippen LogP contribution in [0.15, 0.2) is 41.8 Å². The lowest BCUT2D eigenvalue weighted by molar-refractivity contribution is -0.173. The third-order valence-corrected chi connectivity index (χ3v) is 6.11. The van der Waals surface area contributed by atoms with Gasteiger partial charge in [-0.15, -0.1) is 11.3 Å². The first-order valence-electron chi connectivity index (χ1n) is 9.75. The second-order valence-corrected chi connectivity index (χ2v) is 8.26. The third-order valence-electron chi connectivity index (χ3n) is 5.24. The van der Waals surface area contributed by atoms with Crippen molar-refractivity contribution in [2.45, 2.75) is 31.2 Å². The Labute approximate surface area is 186 Å². The Bertz CT molecular complexity index is 1100. The van der Waals surface area contributed by atoms with Crippen LogP contribution in [0.1, 0.15) is 39.4 Å². The normalized spacial score (nSPS) is 17.9. The van der Waals surface area contributed by atoms with Crippen molar-refractivity contribution in [3.8, 4) is 11.5 Å². The number of methoxy groups -OCH3 is 2. The van der Waals surface area contributed by atoms with Crippen LogP contribution in [0.5, 0.6) is 11.5 Å². The van der Waals surface area contributed by atoms with Crippen LogP contribution in [-0.4, -0.2) is 36.1 Å². The van der Waals surface area contributed by atoms with Gasteiger partial charge >= 0.3 is 6.18 Å². The van der Waals surface area contributed by atoms with Crippen molar-refractivity contribution in [1.82, 2.24) is 15.1 Å². The van der Waals surface area contributed by atoms with E-state index >= 15 is 0 Å². The number of aromatic nitrogens is 2. The highest BCUT2D eigenvalue weighted by Gasteiger charge is 2.47. The standard InChI is InChI=1S/C21H21F3N4O3S/c1-30-16-6-5-12(8-17(16)31-2)14-9-18(21(22,23)24)28-19(26-14)10-15(27-28)20(29)25-11-13-4-3-7-32-13/h3-8,10,14,18,26H,9,11H2,1-2H3,(H,25,29)/t14-,18+/m1/s1. The van der Waals surface area contributed by atoms with E-state index in [1.165, 1.54) is 31.6 Å². The molecule has 3 aromatic rings. The topological polar surface area (TPSA) is 77.4 Å². The number of hydrogen-bond acceptors (Lipinski definition) is 6. The first kappa shape index (κ1) is 22.0. The Kier molecular flexibility index (Phi) is 6.00. The van der Waals surface area contributed by atoms with Crippen molar-refractivity contribution in [2.24, 2.45) is 0 Å². The number of nitrogens with zero attached hydrogens (tertiary/aromatic N) is 2. The van der Waals surface area contributed by atoms with Gasteiger partial charge in [-0.05, 0) is 29.1 Å². The first-order valence-corrected chi connectivity index (χ1v) is 10.6. The van der Waals surface area contributed by atoms with Crippen LogP contribution >= 0.6 is 11.3 Å². The van der Waals surface area contributed by atoms with Crippen molar-refractivity contribution in [3.63, 3.8) is 0 Å². The number of halogens is 3. The first-order chi connectivity index (χ1) is 15.3. The molecule has 1 amide bonds. The molecule has 7 nitrogen and oxygen atoms in total. The number of rotatable bonds is 6. The van der Waals surface area contributed by atoms with Gasteiger partial charge in [-0.3, -0.25) is 4.79 Å². The maximum absolute atomic E-state index is 13.9. The Morgan fingerprint density at radius 1 is 1.25 bits per heavy atom. The van der Waals surface area contributed by atoms with Gasteiger partial charge in [0.15, 0.2) is 23.2 Å². The van der Waals surface area contributed by atoms with E-state index in [1.807, 2.05) is 17.5 Å². The fraction of sp³-hybridized carbons (Fsp3) is 0.333. The monoisotopic (exact) mass is 466 g/mol. The molecular formula is C21H21F3N4O3S. The molecule has 1 aliphatic heterocycles. The van der Waals surface area contributed by atoms with E-state index in [1.54, 1.807) is 18.2 Å². The number of anilines is 1. The molecule has 0 spiro atoms. The Morgan fingerprint density at radius 3 is 2.69 bits per heavy atom. The summed E-state index contributed by atoms with van der Waals surface area (Å²) in [7, 11) is 2.95. The number of ether oxygens (including phenoxy) is 2. The smallest absolute Gasteiger partial charge is 0.410 e. The van der Waals surface area contributed by atoms with Crippen LogP contribution in [0.3, 0.4) is 0 Å². The van der Waals surface area contributed by atoms with Crippen molar-refractivity contribution >= 4 is 23.1 Å². The molecule has 3 heterocycles. The molecule has 2 atom stereocenters. The Morgan fingerprint density at radius 2 is 2.03 bits per heavy atom. The average molecular weight is 466 g/mol. The van der Waals surface area contributed by atoms with Gasteiger partial charge in [-0.2, -0.15) is 18.3 Å². The number of nitrogens with one attached hydrogen (secondary N) is 2. The van der Waals surface area contributed by atoms with Crippen LogP contribution in [0, 0.1) is 0 Å². The highest BCUT2D eigenvalue weighted by atomic mass is 32.1. The Balaban J connectivity index is 1.61. The van der Waals surface area contributed by atoms with Crippen LogP contribution < -0.4 is 20.1 Å². The number of amides is 1. The van der Waals surface area contributed by atoms with Crippen LogP contribution in [0.4, 0.5) is 19.0 Å². The van der Waals surface area contributed by atoms with Crippen molar-refractivity contribution in [1.29, 1.82) is 0 Å². The molecule has 2 N–H and O–H groups in total. The van der Waals surface area contributed by atoms with E-state index in [4.69, 9.17) is 9.47 Å². The maximum atomic E-state index is 13.9. The molecule has 2 aromatic heterocycles. The van der Waals surface area contributed by atoms with Gasteiger partial charge in [0, 0.05) is 17.4 Å². The second-order valence-electron chi connectivity index (χ2n) is 7.23. The molecule has 0 bridgehead atoms. The number of thiophene rings is 1. The zero-order valence-electron chi connectivity index (χ0n) is 17.3. The summed E-state index contributed by atoms with van der Waals surface area (Å²) < 4.78 is 53.0. The molecule has 11 heteroatoms. The van der Waals surface area contributed by atoms with E-state index in [0.717, 1.165) is 9.56 Å². The maximum Gasteiger partial charge on any atom is 0.410 e. The number of alkyl halides is 3. The predicted octanol–water partition coefficient (Wildman–Crippen LogP) is 4.55. The second kappa shape index (κ2) is 8.73. The lowest BCUT2D eigenvalue weighted by Gasteiger charge is -2.33. The minimum atomic E-state index is -4.54. The zero-order chi connectivity index (χ0) is 22.9. The highest BCUT2D eigenvalue weighted by Crippen LogP contribution is 2.44. The molecule has 0 radical (unpaired) electrons. The molecule has 1 aromatic carbocycles. The molecular weight excluding hydrogens is 445 g/mol. The Hall–Kier alpha value is -3.21. The minimum absolute atomic E-state index is 0.0775. The summed E-state index contributed by atoms with van der Waals surface area (Å²) in [5.41, 5.74) is 0.527. The van der Waals surface area contributed by atoms with E-state index in [9.17, 15) is 18.0 Å².